The Hall–Kier alpha value is -1.87. The molecular formula is C12H19N3O5S. The molecule has 118 valence electrons. The molecule has 0 bridgehead atoms. The molecule has 0 radical (unpaired) electrons. The lowest BCUT2D eigenvalue weighted by Gasteiger charge is -2.20. The highest BCUT2D eigenvalue weighted by atomic mass is 32.2. The van der Waals surface area contributed by atoms with E-state index < -0.39 is 22.0 Å². The number of carboxylic acid groups (broad SMARTS) is 1. The van der Waals surface area contributed by atoms with Crippen LogP contribution in [-0.4, -0.2) is 54.5 Å². The lowest BCUT2D eigenvalue weighted by Crippen LogP contribution is -2.45. The van der Waals surface area contributed by atoms with Crippen LogP contribution < -0.4 is 4.72 Å². The lowest BCUT2D eigenvalue weighted by molar-refractivity contribution is -0.131. The Bertz CT molecular complexity index is 650. The maximum atomic E-state index is 12.2. The number of carbonyl (C=O) groups excluding carboxylic acids is 1. The fraction of sp³-hybridized carbons (Fsp3) is 0.500. The Morgan fingerprint density at radius 3 is 2.48 bits per heavy atom. The summed E-state index contributed by atoms with van der Waals surface area (Å²) in [6, 6.07) is 0.110. The fourth-order valence-electron chi connectivity index (χ4n) is 1.73. The maximum Gasteiger partial charge on any atom is 0.352 e. The number of hydrogen-bond donors (Lipinski definition) is 2. The lowest BCUT2D eigenvalue weighted by atomic mass is 10.3. The minimum atomic E-state index is -3.96. The van der Waals surface area contributed by atoms with Crippen molar-refractivity contribution < 1.29 is 23.1 Å². The number of carboxylic acids is 1. The SMILES string of the molecule is CCN(C)C(=O)C(C)NS(=O)(=O)c1cc(C(=O)O)n(C)c1. The van der Waals surface area contributed by atoms with Crippen LogP contribution in [0, 0.1) is 0 Å². The van der Waals surface area contributed by atoms with Gasteiger partial charge in [-0.1, -0.05) is 0 Å². The third-order valence-corrected chi connectivity index (χ3v) is 4.57. The molecule has 1 aromatic heterocycles. The largest absolute Gasteiger partial charge is 0.477 e. The minimum Gasteiger partial charge on any atom is -0.477 e. The van der Waals surface area contributed by atoms with Crippen molar-refractivity contribution in [2.24, 2.45) is 7.05 Å². The smallest absolute Gasteiger partial charge is 0.352 e. The second kappa shape index (κ2) is 6.27. The van der Waals surface area contributed by atoms with Crippen LogP contribution in [0.15, 0.2) is 17.2 Å². The summed E-state index contributed by atoms with van der Waals surface area (Å²) in [5.74, 6) is -1.59. The molecule has 0 spiro atoms. The first-order chi connectivity index (χ1) is 9.60. The molecule has 0 aromatic carbocycles. The van der Waals surface area contributed by atoms with E-state index in [0.29, 0.717) is 6.54 Å². The van der Waals surface area contributed by atoms with Crippen molar-refractivity contribution in [2.45, 2.75) is 24.8 Å². The van der Waals surface area contributed by atoms with Gasteiger partial charge in [0.25, 0.3) is 0 Å². The predicted molar refractivity (Wildman–Crippen MR) is 75.5 cm³/mol. The molecule has 1 rings (SSSR count). The summed E-state index contributed by atoms with van der Waals surface area (Å²) in [5.41, 5.74) is -0.153. The van der Waals surface area contributed by atoms with Crippen molar-refractivity contribution in [1.29, 1.82) is 0 Å². The zero-order valence-corrected chi connectivity index (χ0v) is 13.1. The number of sulfonamides is 1. The van der Waals surface area contributed by atoms with Crippen LogP contribution in [0.5, 0.6) is 0 Å². The molecular weight excluding hydrogens is 298 g/mol. The van der Waals surface area contributed by atoms with Crippen molar-refractivity contribution in [1.82, 2.24) is 14.2 Å². The van der Waals surface area contributed by atoms with Crippen LogP contribution in [0.2, 0.25) is 0 Å². The number of nitrogens with zero attached hydrogens (tertiary/aromatic N) is 2. The number of aromatic carboxylic acids is 1. The molecule has 0 aliphatic heterocycles. The van der Waals surface area contributed by atoms with Crippen LogP contribution in [0.1, 0.15) is 24.3 Å². The van der Waals surface area contributed by atoms with Gasteiger partial charge in [-0.25, -0.2) is 13.2 Å². The molecule has 0 saturated heterocycles. The summed E-state index contributed by atoms with van der Waals surface area (Å²) >= 11 is 0. The minimum absolute atomic E-state index is 0.153. The van der Waals surface area contributed by atoms with Gasteiger partial charge in [-0.3, -0.25) is 4.79 Å². The topological polar surface area (TPSA) is 109 Å². The van der Waals surface area contributed by atoms with E-state index in [0.717, 1.165) is 6.07 Å². The zero-order chi connectivity index (χ0) is 16.4. The summed E-state index contributed by atoms with van der Waals surface area (Å²) in [5, 5.41) is 8.92. The van der Waals surface area contributed by atoms with Crippen LogP contribution in [0.4, 0.5) is 0 Å². The third kappa shape index (κ3) is 3.82. The Balaban J connectivity index is 2.99. The number of amides is 1. The molecule has 2 N–H and O–H groups in total. The number of aromatic nitrogens is 1. The van der Waals surface area contributed by atoms with Crippen LogP contribution in [0.3, 0.4) is 0 Å². The van der Waals surface area contributed by atoms with Gasteiger partial charge < -0.3 is 14.6 Å². The second-order valence-electron chi connectivity index (χ2n) is 4.67. The zero-order valence-electron chi connectivity index (χ0n) is 12.3. The second-order valence-corrected chi connectivity index (χ2v) is 6.39. The fourth-order valence-corrected chi connectivity index (χ4v) is 3.00. The van der Waals surface area contributed by atoms with Crippen LogP contribution in [0.25, 0.3) is 0 Å². The van der Waals surface area contributed by atoms with Crippen LogP contribution >= 0.6 is 0 Å². The van der Waals surface area contributed by atoms with Gasteiger partial charge in [0.1, 0.15) is 10.6 Å². The molecule has 1 unspecified atom stereocenters. The number of aryl methyl sites for hydroxylation is 1. The normalized spacial score (nSPS) is 13.0. The van der Waals surface area contributed by atoms with Crippen LogP contribution in [-0.2, 0) is 21.9 Å². The van der Waals surface area contributed by atoms with E-state index in [4.69, 9.17) is 5.11 Å². The van der Waals surface area contributed by atoms with E-state index in [-0.39, 0.29) is 16.5 Å². The molecule has 0 saturated carbocycles. The van der Waals surface area contributed by atoms with E-state index in [1.54, 1.807) is 14.0 Å². The number of likely N-dealkylation sites (N-methyl/N-ethyl adjacent to an activating group) is 1. The third-order valence-electron chi connectivity index (χ3n) is 3.06. The first-order valence-corrected chi connectivity index (χ1v) is 7.75. The molecule has 0 aliphatic carbocycles. The van der Waals surface area contributed by atoms with Gasteiger partial charge in [0.2, 0.25) is 15.9 Å². The Morgan fingerprint density at radius 2 is 2.05 bits per heavy atom. The quantitative estimate of drug-likeness (QED) is 0.759. The maximum absolute atomic E-state index is 12.2. The van der Waals surface area contributed by atoms with Gasteiger partial charge in [0.15, 0.2) is 0 Å². The van der Waals surface area contributed by atoms with Crippen molar-refractivity contribution >= 4 is 21.9 Å². The summed E-state index contributed by atoms with van der Waals surface area (Å²) in [6.07, 6.45) is 1.19. The molecule has 1 amide bonds. The van der Waals surface area contributed by atoms with Gasteiger partial charge in [0, 0.05) is 26.8 Å². The Labute approximate surface area is 123 Å². The average molecular weight is 317 g/mol. The first-order valence-electron chi connectivity index (χ1n) is 6.27. The number of rotatable bonds is 6. The highest BCUT2D eigenvalue weighted by molar-refractivity contribution is 7.89. The summed E-state index contributed by atoms with van der Waals surface area (Å²) < 4.78 is 27.8. The molecule has 1 heterocycles. The van der Waals surface area contributed by atoms with Gasteiger partial charge in [0.05, 0.1) is 6.04 Å². The standard InChI is InChI=1S/C12H19N3O5S/c1-5-14(3)11(16)8(2)13-21(19,20)9-6-10(12(17)18)15(4)7-9/h6-8,13H,5H2,1-4H3,(H,17,18). The van der Waals surface area contributed by atoms with Gasteiger partial charge in [-0.2, -0.15) is 4.72 Å². The number of hydrogen-bond acceptors (Lipinski definition) is 4. The molecule has 8 nitrogen and oxygen atoms in total. The molecule has 9 heteroatoms. The van der Waals surface area contributed by atoms with E-state index in [9.17, 15) is 18.0 Å². The molecule has 1 atom stereocenters. The van der Waals surface area contributed by atoms with Gasteiger partial charge in [-0.05, 0) is 19.9 Å². The first kappa shape index (κ1) is 17.2. The van der Waals surface area contributed by atoms with E-state index >= 15 is 0 Å². The van der Waals surface area contributed by atoms with E-state index in [2.05, 4.69) is 4.72 Å². The predicted octanol–water partition coefficient (Wildman–Crippen LogP) is -0.132. The van der Waals surface area contributed by atoms with E-state index in [1.807, 2.05) is 0 Å². The molecule has 0 fully saturated rings. The summed E-state index contributed by atoms with van der Waals surface area (Å²) in [7, 11) is -0.963. The van der Waals surface area contributed by atoms with E-state index in [1.165, 1.54) is 29.6 Å². The monoisotopic (exact) mass is 317 g/mol. The molecule has 0 aliphatic rings. The summed E-state index contributed by atoms with van der Waals surface area (Å²) in [4.78, 5) is 24.0. The van der Waals surface area contributed by atoms with Gasteiger partial charge >= 0.3 is 5.97 Å². The van der Waals surface area contributed by atoms with Gasteiger partial charge in [-0.15, -0.1) is 0 Å². The highest BCUT2D eigenvalue weighted by Gasteiger charge is 2.26. The number of nitrogens with one attached hydrogen (secondary N) is 1. The van der Waals surface area contributed by atoms with Crippen molar-refractivity contribution in [3.8, 4) is 0 Å². The van der Waals surface area contributed by atoms with Crippen molar-refractivity contribution in [2.75, 3.05) is 13.6 Å². The molecule has 21 heavy (non-hydrogen) atoms. The Kier molecular flexibility index (Phi) is 5.13. The summed E-state index contributed by atoms with van der Waals surface area (Å²) in [6.45, 7) is 3.67. The van der Waals surface area contributed by atoms with Crippen molar-refractivity contribution in [3.05, 3.63) is 18.0 Å². The molecule has 1 aromatic rings. The average Bonchev–Trinajstić information content (AvgIpc) is 2.79. The number of carbonyl (C=O) groups is 2. The Morgan fingerprint density at radius 1 is 1.48 bits per heavy atom. The highest BCUT2D eigenvalue weighted by Crippen LogP contribution is 2.14. The van der Waals surface area contributed by atoms with Crippen molar-refractivity contribution in [3.63, 3.8) is 0 Å².